The molecule has 3 amide bonds. The third kappa shape index (κ3) is 41.1. The summed E-state index contributed by atoms with van der Waals surface area (Å²) >= 11 is 27.4. The topological polar surface area (TPSA) is 290 Å². The van der Waals surface area contributed by atoms with Crippen molar-refractivity contribution in [3.05, 3.63) is 207 Å². The molecular formula is C94H144N2O18P10S18. The van der Waals surface area contributed by atoms with Gasteiger partial charge in [0, 0.05) is 182 Å². The molecular weight excluding hydrogens is 2330 g/mol. The molecule has 142 heavy (non-hydrogen) atoms. The molecule has 796 valence electrons. The summed E-state index contributed by atoms with van der Waals surface area (Å²) in [6, 6.07) is 25.5. The monoisotopic (exact) mass is 2470 g/mol. The molecule has 4 unspecified atom stereocenters. The van der Waals surface area contributed by atoms with E-state index in [1.165, 1.54) is 181 Å². The van der Waals surface area contributed by atoms with Gasteiger partial charge in [-0.1, -0.05) is 401 Å². The number of likely N-dealkylation sites (tertiary alicyclic amines) is 1. The Morgan fingerprint density at radius 3 is 1.02 bits per heavy atom. The summed E-state index contributed by atoms with van der Waals surface area (Å²) in [5.74, 6) is 14.9. The number of hydrogen-bond donors (Lipinski definition) is 0. The van der Waals surface area contributed by atoms with Crippen molar-refractivity contribution in [1.82, 2.24) is 9.96 Å². The Labute approximate surface area is 920 Å². The number of carbonyl (C=O) groups excluding carboxylic acids is 5. The van der Waals surface area contributed by atoms with Crippen LogP contribution in [0.1, 0.15) is 161 Å². The number of nitrogens with zero attached hydrogens (tertiary/aromatic N) is 2. The van der Waals surface area contributed by atoms with Gasteiger partial charge in [0.2, 0.25) is 67.6 Å². The highest BCUT2D eigenvalue weighted by Gasteiger charge is 2.45. The fraction of sp³-hybridized carbons (Fsp3) is 0.564. The zero-order valence-corrected chi connectivity index (χ0v) is 108. The number of allylic oxidation sites excluding steroid dienone is 6. The molecule has 0 spiro atoms. The zero-order chi connectivity index (χ0) is 106. The number of benzene rings is 3. The van der Waals surface area contributed by atoms with Crippen molar-refractivity contribution in [2.24, 2.45) is 17.8 Å². The van der Waals surface area contributed by atoms with Crippen LogP contribution in [0.5, 0.6) is 0 Å². The maximum Gasteiger partial charge on any atom is 0.313 e. The van der Waals surface area contributed by atoms with E-state index >= 15 is 0 Å². The third-order valence-corrected chi connectivity index (χ3v) is 109. The van der Waals surface area contributed by atoms with E-state index in [1.807, 2.05) is 127 Å². The summed E-state index contributed by atoms with van der Waals surface area (Å²) in [6.07, 6.45) is 12.6. The number of hydroxylamine groups is 2. The van der Waals surface area contributed by atoms with E-state index in [0.29, 0.717) is 65.2 Å². The van der Waals surface area contributed by atoms with Crippen molar-refractivity contribution in [2.75, 3.05) is 144 Å². The van der Waals surface area contributed by atoms with Crippen molar-refractivity contribution in [2.45, 2.75) is 172 Å². The van der Waals surface area contributed by atoms with Gasteiger partial charge in [0.25, 0.3) is 0 Å². The lowest BCUT2D eigenvalue weighted by Gasteiger charge is -2.26. The van der Waals surface area contributed by atoms with E-state index in [-0.39, 0.29) is 54.5 Å². The van der Waals surface area contributed by atoms with E-state index in [9.17, 15) is 69.6 Å². The van der Waals surface area contributed by atoms with Crippen LogP contribution in [0.4, 0.5) is 0 Å². The second-order valence-electron chi connectivity index (χ2n) is 33.4. The molecule has 10 heterocycles. The van der Waals surface area contributed by atoms with Crippen molar-refractivity contribution in [3.63, 3.8) is 0 Å². The number of esters is 2. The second-order valence-corrected chi connectivity index (χ2v) is 111. The fourth-order valence-corrected chi connectivity index (χ4v) is 97.1. The van der Waals surface area contributed by atoms with Gasteiger partial charge < -0.3 is 14.0 Å². The lowest BCUT2D eigenvalue weighted by atomic mass is 9.94. The average Bonchev–Trinajstić information content (AvgIpc) is 1.63. The van der Waals surface area contributed by atoms with Crippen LogP contribution in [0.2, 0.25) is 0 Å². The molecule has 14 rings (SSSR count). The number of hydrogen-bond acceptors (Lipinski definition) is 36. The van der Waals surface area contributed by atoms with Gasteiger partial charge in [0.15, 0.2) is 0 Å². The van der Waals surface area contributed by atoms with Gasteiger partial charge >= 0.3 is 11.9 Å². The Morgan fingerprint density at radius 2 is 0.718 bits per heavy atom. The van der Waals surface area contributed by atoms with Crippen LogP contribution in [0.15, 0.2) is 185 Å². The summed E-state index contributed by atoms with van der Waals surface area (Å²) in [6.45, 7) is 53.3. The van der Waals surface area contributed by atoms with Crippen LogP contribution in [-0.4, -0.2) is 189 Å². The first-order valence-electron chi connectivity index (χ1n) is 47.0. The standard InChI is InChI=1S/2C16H21O3PS2.C13H20NO3PS2.C12H16O2P2S2.C11H19OPS2.C8H14NO3PS2.3C6H11OPS2/c2*1-4-19-16(17)15(11-14-7-5-12(2)6-8-14)13(3)20(18)21-9-10-22-20;1-9(2)11-4-5-12(15)14(11)13(16)8-10(3)18(17)19-6-7-20-18;1-11(16(14)17-8-9-18-16)10-15(2,13)12-6-4-3-5-7-12;1-2-11(10-6-4-3-5-7-10)13(12)14-8-9-15-13;1-7(6-8(10)9(2)12-3)13(11)14-4-5-15-13;3*1-3-6(2)8(7)9-4-5-10-8/h2*5-8,15H,3-4,9-11H2,1-2H3;9,11H,3-8H2,1-2H3;3-7H,1,8-10H2,2H3;2-9H2,1H3;1,4-6H2,2-3H3;3*2-5H2,1H3. The van der Waals surface area contributed by atoms with Crippen LogP contribution >= 0.6 is 262 Å². The molecule has 1 saturated carbocycles. The maximum atomic E-state index is 12.9. The van der Waals surface area contributed by atoms with Crippen molar-refractivity contribution >= 4 is 297 Å². The molecule has 0 aromatic heterocycles. The molecule has 0 bridgehead atoms. The molecule has 48 heteroatoms. The molecule has 11 aliphatic rings. The predicted molar refractivity (Wildman–Crippen MR) is 660 cm³/mol. The van der Waals surface area contributed by atoms with Crippen LogP contribution in [0.3, 0.4) is 0 Å². The van der Waals surface area contributed by atoms with Gasteiger partial charge in [-0.05, 0) is 122 Å². The second kappa shape index (κ2) is 65.0. The highest BCUT2D eigenvalue weighted by Crippen LogP contribution is 2.85. The van der Waals surface area contributed by atoms with Gasteiger partial charge in [-0.3, -0.25) is 74.8 Å². The van der Waals surface area contributed by atoms with E-state index in [1.54, 1.807) is 117 Å². The Bertz CT molecular complexity index is 5140. The zero-order valence-electron chi connectivity index (χ0n) is 84.0. The fourth-order valence-electron chi connectivity index (χ4n) is 14.5. The normalized spacial score (nSPS) is 21.4. The first-order chi connectivity index (χ1) is 67.0. The first kappa shape index (κ1) is 132. The Balaban J connectivity index is 0.000000248. The van der Waals surface area contributed by atoms with E-state index in [4.69, 9.17) is 14.3 Å². The highest BCUT2D eigenvalue weighted by molar-refractivity contribution is 8.96. The quantitative estimate of drug-likeness (QED) is 0.0319. The number of carbonyl (C=O) groups is 5. The largest absolute Gasteiger partial charge is 0.466 e. The van der Waals surface area contributed by atoms with E-state index in [2.05, 4.69) is 59.6 Å². The van der Waals surface area contributed by atoms with Crippen LogP contribution in [0, 0.1) is 31.6 Å². The van der Waals surface area contributed by atoms with Crippen LogP contribution in [-0.2, 0) is 96.8 Å². The SMILES string of the molecule is C=C(C(Cc1ccc(C)cc1)C(=O)OCC)P1(=O)SCCS1.C=C(C(Cc1ccc(C)cc1)C(=O)OCC)P1(=O)SCCS1.C=C(CC(=O)N(C)OC)P1(=O)SCCS1.C=C(CC(=O)N1C(=O)CCC1C(C)C)P1(=O)SCCS1.C=C(CC)P1(=O)SCCS1.C=C(CC)P1(=O)SCCS1.C=C(CC)P1(=O)SCCS1.C=C(CP(C)(=O)c1ccccc1)P1(=O)SCCS1.CCC(=C1CCCCC1)P1(=O)SCCS1. The van der Waals surface area contributed by atoms with Crippen molar-refractivity contribution in [1.29, 1.82) is 0 Å². The molecule has 4 atom stereocenters. The summed E-state index contributed by atoms with van der Waals surface area (Å²) in [5.41, 5.74) is -14.7. The molecule has 10 aliphatic heterocycles. The summed E-state index contributed by atoms with van der Waals surface area (Å²) in [7, 11) is 0.452. The number of rotatable bonds is 32. The van der Waals surface area contributed by atoms with Gasteiger partial charge in [-0.15, -0.1) is 0 Å². The molecule has 3 aromatic carbocycles. The Kier molecular flexibility index (Phi) is 60.4. The molecule has 11 fully saturated rings. The van der Waals surface area contributed by atoms with Crippen LogP contribution < -0.4 is 5.30 Å². The first-order valence-corrected chi connectivity index (χ1v) is 93.3. The summed E-state index contributed by atoms with van der Waals surface area (Å²) < 4.78 is 134. The Morgan fingerprint density at radius 1 is 0.415 bits per heavy atom. The van der Waals surface area contributed by atoms with Gasteiger partial charge in [0.05, 0.1) is 45.0 Å². The molecule has 3 aromatic rings. The van der Waals surface area contributed by atoms with Gasteiger partial charge in [0.1, 0.15) is 7.14 Å². The van der Waals surface area contributed by atoms with Crippen molar-refractivity contribution < 1.29 is 83.9 Å². The predicted octanol–water partition coefficient (Wildman–Crippen LogP) is 36.7. The minimum Gasteiger partial charge on any atom is -0.466 e. The van der Waals surface area contributed by atoms with E-state index < -0.39 is 68.9 Å². The van der Waals surface area contributed by atoms with E-state index in [0.717, 1.165) is 173 Å². The lowest BCUT2D eigenvalue weighted by Crippen LogP contribution is -2.41. The minimum atomic E-state index is -2.60. The number of amides is 3. The lowest BCUT2D eigenvalue weighted by molar-refractivity contribution is -0.167. The Hall–Kier alpha value is 1.43. The molecule has 10 saturated heterocycles. The number of aryl methyl sites for hydroxylation is 2. The summed E-state index contributed by atoms with van der Waals surface area (Å²) in [5, 5.41) is 8.92. The molecule has 1 aliphatic carbocycles. The van der Waals surface area contributed by atoms with Gasteiger partial charge in [-0.2, -0.15) is 0 Å². The van der Waals surface area contributed by atoms with Crippen molar-refractivity contribution in [3.8, 4) is 0 Å². The average molecular weight is 2480 g/mol. The van der Waals surface area contributed by atoms with Crippen LogP contribution in [0.25, 0.3) is 0 Å². The number of imide groups is 1. The summed E-state index contributed by atoms with van der Waals surface area (Å²) in [4.78, 5) is 66.6. The van der Waals surface area contributed by atoms with Gasteiger partial charge in [-0.25, -0.2) is 5.06 Å². The highest BCUT2D eigenvalue weighted by atomic mass is 33.1. The number of ether oxygens (including phenoxy) is 2. The molecule has 0 N–H and O–H groups in total. The smallest absolute Gasteiger partial charge is 0.313 e. The third-order valence-electron chi connectivity index (χ3n) is 22.7. The molecule has 0 radical (unpaired) electrons. The molecule has 20 nitrogen and oxygen atoms in total. The minimum absolute atomic E-state index is 0.0207. The maximum absolute atomic E-state index is 12.9.